The molecule has 0 aliphatic carbocycles. The molecule has 4 N–H and O–H groups in total. The number of nitrogens with one attached hydrogen (secondary N) is 1. The monoisotopic (exact) mass is 259 g/mol. The Balaban J connectivity index is 2.55. The van der Waals surface area contributed by atoms with E-state index in [9.17, 15) is 9.59 Å². The zero-order valence-corrected chi connectivity index (χ0v) is 10.3. The summed E-state index contributed by atoms with van der Waals surface area (Å²) in [6, 6.07) is 7.39. The van der Waals surface area contributed by atoms with E-state index in [0.717, 1.165) is 11.1 Å². The lowest BCUT2D eigenvalue weighted by Gasteiger charge is -2.07. The third-order valence-electron chi connectivity index (χ3n) is 2.78. The van der Waals surface area contributed by atoms with Crippen LogP contribution in [0.15, 0.2) is 29.1 Å². The minimum atomic E-state index is -1.12. The van der Waals surface area contributed by atoms with Gasteiger partial charge in [0.2, 0.25) is 0 Å². The molecule has 0 spiro atoms. The predicted molar refractivity (Wildman–Crippen MR) is 70.8 cm³/mol. The molecule has 0 amide bonds. The van der Waals surface area contributed by atoms with Crippen molar-refractivity contribution in [2.45, 2.75) is 13.3 Å². The summed E-state index contributed by atoms with van der Waals surface area (Å²) in [4.78, 5) is 29.1. The van der Waals surface area contributed by atoms with Crippen LogP contribution in [0.25, 0.3) is 11.4 Å². The van der Waals surface area contributed by atoms with Crippen molar-refractivity contribution in [2.24, 2.45) is 0 Å². The highest BCUT2D eigenvalue weighted by atomic mass is 16.4. The molecule has 0 fully saturated rings. The number of aryl methyl sites for hydroxylation is 1. The number of nitrogen functional groups attached to an aromatic ring is 1. The summed E-state index contributed by atoms with van der Waals surface area (Å²) >= 11 is 0. The van der Waals surface area contributed by atoms with Crippen LogP contribution >= 0.6 is 0 Å². The van der Waals surface area contributed by atoms with Crippen molar-refractivity contribution in [2.75, 3.05) is 5.73 Å². The normalized spacial score (nSPS) is 10.4. The highest BCUT2D eigenvalue weighted by molar-refractivity contribution is 5.72. The van der Waals surface area contributed by atoms with Gasteiger partial charge >= 0.3 is 5.97 Å². The van der Waals surface area contributed by atoms with Crippen LogP contribution in [-0.4, -0.2) is 21.0 Å². The zero-order valence-electron chi connectivity index (χ0n) is 10.3. The second-order valence-electron chi connectivity index (χ2n) is 4.16. The molecule has 6 nitrogen and oxygen atoms in total. The van der Waals surface area contributed by atoms with Crippen molar-refractivity contribution in [3.8, 4) is 11.4 Å². The topological polar surface area (TPSA) is 109 Å². The number of nitrogens with two attached hydrogens (primary N) is 1. The van der Waals surface area contributed by atoms with Crippen LogP contribution in [0.3, 0.4) is 0 Å². The van der Waals surface area contributed by atoms with E-state index < -0.39 is 17.9 Å². The van der Waals surface area contributed by atoms with Gasteiger partial charge in [-0.05, 0) is 12.5 Å². The molecule has 0 aliphatic heterocycles. The lowest BCUT2D eigenvalue weighted by Crippen LogP contribution is -2.21. The molecule has 0 atom stereocenters. The number of hydrogen-bond donors (Lipinski definition) is 3. The minimum absolute atomic E-state index is 0.0233. The fourth-order valence-corrected chi connectivity index (χ4v) is 1.80. The van der Waals surface area contributed by atoms with Crippen LogP contribution in [0.5, 0.6) is 0 Å². The molecule has 0 aliphatic rings. The number of H-pyrrole nitrogens is 1. The quantitative estimate of drug-likeness (QED) is 0.760. The number of aliphatic carboxylic acids is 1. The predicted octanol–water partition coefficient (Wildman–Crippen LogP) is 0.955. The van der Waals surface area contributed by atoms with Crippen LogP contribution in [-0.2, 0) is 11.2 Å². The van der Waals surface area contributed by atoms with Gasteiger partial charge in [0.25, 0.3) is 5.56 Å². The van der Waals surface area contributed by atoms with Gasteiger partial charge in [-0.3, -0.25) is 9.59 Å². The minimum Gasteiger partial charge on any atom is -0.481 e. The Bertz CT molecular complexity index is 692. The third kappa shape index (κ3) is 2.62. The molecule has 2 aromatic rings. The molecule has 6 heteroatoms. The first-order chi connectivity index (χ1) is 8.99. The van der Waals surface area contributed by atoms with Gasteiger partial charge in [-0.1, -0.05) is 24.3 Å². The molecule has 0 saturated heterocycles. The molecule has 1 aromatic heterocycles. The first-order valence-corrected chi connectivity index (χ1v) is 5.65. The number of aromatic amines is 1. The summed E-state index contributed by atoms with van der Waals surface area (Å²) in [6.45, 7) is 1.89. The number of nitrogens with zero attached hydrogens (tertiary/aromatic N) is 1. The summed E-state index contributed by atoms with van der Waals surface area (Å²) < 4.78 is 0. The third-order valence-corrected chi connectivity index (χ3v) is 2.78. The largest absolute Gasteiger partial charge is 0.481 e. The summed E-state index contributed by atoms with van der Waals surface area (Å²) in [5.41, 5.74) is 6.82. The van der Waals surface area contributed by atoms with Gasteiger partial charge in [-0.15, -0.1) is 0 Å². The van der Waals surface area contributed by atoms with Gasteiger partial charge < -0.3 is 15.8 Å². The van der Waals surface area contributed by atoms with E-state index in [4.69, 9.17) is 10.8 Å². The fourth-order valence-electron chi connectivity index (χ4n) is 1.80. The Morgan fingerprint density at radius 2 is 2.11 bits per heavy atom. The zero-order chi connectivity index (χ0) is 14.0. The van der Waals surface area contributed by atoms with E-state index in [1.165, 1.54) is 0 Å². The van der Waals surface area contributed by atoms with Crippen molar-refractivity contribution in [1.29, 1.82) is 0 Å². The number of carbonyl (C=O) groups is 1. The molecule has 0 saturated carbocycles. The first kappa shape index (κ1) is 12.8. The molecule has 19 heavy (non-hydrogen) atoms. The molecular weight excluding hydrogens is 246 g/mol. The summed E-state index contributed by atoms with van der Waals surface area (Å²) in [5, 5.41) is 8.71. The number of anilines is 1. The van der Waals surface area contributed by atoms with E-state index in [-0.39, 0.29) is 11.4 Å². The van der Waals surface area contributed by atoms with E-state index >= 15 is 0 Å². The van der Waals surface area contributed by atoms with Gasteiger partial charge in [-0.25, -0.2) is 4.98 Å². The Labute approximate surface area is 108 Å². The molecule has 1 heterocycles. The van der Waals surface area contributed by atoms with E-state index in [1.807, 2.05) is 31.2 Å². The van der Waals surface area contributed by atoms with E-state index in [2.05, 4.69) is 9.97 Å². The van der Waals surface area contributed by atoms with Gasteiger partial charge in [0.05, 0.1) is 12.0 Å². The SMILES string of the molecule is Cc1ccccc1-c1nc(N)c(CC(=O)O)c(=O)[nH]1. The van der Waals surface area contributed by atoms with Crippen LogP contribution in [0.1, 0.15) is 11.1 Å². The van der Waals surface area contributed by atoms with Crippen molar-refractivity contribution in [3.63, 3.8) is 0 Å². The van der Waals surface area contributed by atoms with E-state index in [1.54, 1.807) is 0 Å². The van der Waals surface area contributed by atoms with Gasteiger partial charge in [0.1, 0.15) is 11.6 Å². The number of carboxylic acids is 1. The van der Waals surface area contributed by atoms with E-state index in [0.29, 0.717) is 5.82 Å². The number of carboxylic acid groups (broad SMARTS) is 1. The maximum atomic E-state index is 11.8. The standard InChI is InChI=1S/C13H13N3O3/c1-7-4-2-3-5-8(7)12-15-11(14)9(6-10(17)18)13(19)16-12/h2-5H,6H2,1H3,(H,17,18)(H3,14,15,16,19). The molecule has 0 unspecified atom stereocenters. The lowest BCUT2D eigenvalue weighted by atomic mass is 10.1. The Hall–Kier alpha value is -2.63. The molecule has 2 rings (SSSR count). The average Bonchev–Trinajstić information content (AvgIpc) is 2.34. The molecule has 0 radical (unpaired) electrons. The van der Waals surface area contributed by atoms with Gasteiger partial charge in [0, 0.05) is 5.56 Å². The van der Waals surface area contributed by atoms with Crippen LogP contribution < -0.4 is 11.3 Å². The summed E-state index contributed by atoms with van der Waals surface area (Å²) in [6.07, 6.45) is -0.442. The van der Waals surface area contributed by atoms with Crippen LogP contribution in [0, 0.1) is 6.92 Å². The fraction of sp³-hybridized carbons (Fsp3) is 0.154. The Kier molecular flexibility index (Phi) is 3.33. The summed E-state index contributed by atoms with van der Waals surface area (Å²) in [7, 11) is 0. The Morgan fingerprint density at radius 1 is 1.42 bits per heavy atom. The van der Waals surface area contributed by atoms with Crippen molar-refractivity contribution in [3.05, 3.63) is 45.7 Å². The second-order valence-corrected chi connectivity index (χ2v) is 4.16. The number of rotatable bonds is 3. The molecule has 98 valence electrons. The molecule has 0 bridgehead atoms. The Morgan fingerprint density at radius 3 is 2.68 bits per heavy atom. The highest BCUT2D eigenvalue weighted by Gasteiger charge is 2.13. The highest BCUT2D eigenvalue weighted by Crippen LogP contribution is 2.19. The number of aromatic nitrogens is 2. The smallest absolute Gasteiger partial charge is 0.308 e. The van der Waals surface area contributed by atoms with Crippen molar-refractivity contribution in [1.82, 2.24) is 9.97 Å². The lowest BCUT2D eigenvalue weighted by molar-refractivity contribution is -0.136. The maximum Gasteiger partial charge on any atom is 0.308 e. The average molecular weight is 259 g/mol. The number of benzene rings is 1. The van der Waals surface area contributed by atoms with Crippen molar-refractivity contribution >= 4 is 11.8 Å². The molecular formula is C13H13N3O3. The number of hydrogen-bond acceptors (Lipinski definition) is 4. The molecule has 1 aromatic carbocycles. The van der Waals surface area contributed by atoms with Crippen molar-refractivity contribution < 1.29 is 9.90 Å². The van der Waals surface area contributed by atoms with Gasteiger partial charge in [0.15, 0.2) is 0 Å². The van der Waals surface area contributed by atoms with Crippen LogP contribution in [0.4, 0.5) is 5.82 Å². The maximum absolute atomic E-state index is 11.8. The summed E-state index contributed by atoms with van der Waals surface area (Å²) in [5.74, 6) is -0.832. The first-order valence-electron chi connectivity index (χ1n) is 5.65. The van der Waals surface area contributed by atoms with Gasteiger partial charge in [-0.2, -0.15) is 0 Å². The second kappa shape index (κ2) is 4.93. The van der Waals surface area contributed by atoms with Crippen LogP contribution in [0.2, 0.25) is 0 Å².